The fourth-order valence-corrected chi connectivity index (χ4v) is 13.7. The van der Waals surface area contributed by atoms with E-state index in [-0.39, 0.29) is 62.6 Å². The average Bonchev–Trinajstić information content (AvgIpc) is 3.79. The van der Waals surface area contributed by atoms with Crippen LogP contribution in [0.4, 0.5) is 20.2 Å². The maximum absolute atomic E-state index is 14.2. The van der Waals surface area contributed by atoms with Gasteiger partial charge in [0.2, 0.25) is 0 Å². The molecule has 71 heavy (non-hydrogen) atoms. The zero-order valence-electron chi connectivity index (χ0n) is 39.8. The highest BCUT2D eigenvalue weighted by molar-refractivity contribution is 8.00. The topological polar surface area (TPSA) is 199 Å². The summed E-state index contributed by atoms with van der Waals surface area (Å²) in [6.07, 6.45) is 8.12. The third-order valence-electron chi connectivity index (χ3n) is 15.3. The number of fused-ring (bicyclic) bond motifs is 2. The number of benzene rings is 3. The van der Waals surface area contributed by atoms with Gasteiger partial charge in [-0.2, -0.15) is 13.8 Å². The van der Waals surface area contributed by atoms with Crippen LogP contribution in [0.1, 0.15) is 106 Å². The molecule has 5 aliphatic rings. The zero-order valence-corrected chi connectivity index (χ0v) is 41.4. The van der Waals surface area contributed by atoms with E-state index in [1.165, 1.54) is 35.0 Å². The number of aromatic nitrogens is 2. The molecule has 2 saturated carbocycles. The molecule has 2 aromatic heterocycles. The van der Waals surface area contributed by atoms with E-state index in [1.54, 1.807) is 31.3 Å². The van der Waals surface area contributed by atoms with E-state index in [0.29, 0.717) is 75.0 Å². The fraction of sp³-hybridized carbons (Fsp3) is 0.490. The minimum Gasteiger partial charge on any atom is -0.491 e. The number of ether oxygens (including phenoxy) is 4. The molecule has 1 amide bonds. The normalized spacial score (nSPS) is 23.8. The Balaban J connectivity index is 0.889. The van der Waals surface area contributed by atoms with Gasteiger partial charge < -0.3 is 33.9 Å². The second kappa shape index (κ2) is 19.5. The summed E-state index contributed by atoms with van der Waals surface area (Å²) in [5.41, 5.74) is 2.22. The van der Waals surface area contributed by atoms with E-state index in [2.05, 4.69) is 62.6 Å². The highest BCUT2D eigenvalue weighted by atomic mass is 32.2. The van der Waals surface area contributed by atoms with Gasteiger partial charge in [0.05, 0.1) is 40.2 Å². The van der Waals surface area contributed by atoms with Crippen molar-refractivity contribution >= 4 is 50.1 Å². The number of pyridine rings is 1. The van der Waals surface area contributed by atoms with Crippen molar-refractivity contribution in [2.24, 2.45) is 11.3 Å². The first-order chi connectivity index (χ1) is 33.9. The number of halogens is 2. The number of nitro benzene ring substituents is 1. The Kier molecular flexibility index (Phi) is 13.5. The summed E-state index contributed by atoms with van der Waals surface area (Å²) >= 11 is 1.26. The van der Waals surface area contributed by atoms with Crippen LogP contribution in [-0.2, 0) is 14.8 Å². The molecule has 2 atom stereocenters. The Hall–Kier alpha value is -5.54. The lowest BCUT2D eigenvalue weighted by Gasteiger charge is -2.57. The zero-order chi connectivity index (χ0) is 49.8. The molecule has 5 heterocycles. The number of carbonyl (C=O) groups is 1. The Bertz CT molecular complexity index is 2930. The minimum absolute atomic E-state index is 0.00194. The van der Waals surface area contributed by atoms with Crippen LogP contribution in [0.5, 0.6) is 23.1 Å². The van der Waals surface area contributed by atoms with Crippen LogP contribution in [-0.4, -0.2) is 102 Å². The second-order valence-corrected chi connectivity index (χ2v) is 23.2. The number of thioether (sulfide) groups is 1. The van der Waals surface area contributed by atoms with Gasteiger partial charge in [-0.15, -0.1) is 11.8 Å². The Morgan fingerprint density at radius 1 is 1.01 bits per heavy atom. The number of anilines is 1. The van der Waals surface area contributed by atoms with Crippen LogP contribution < -0.4 is 23.8 Å². The van der Waals surface area contributed by atoms with Crippen molar-refractivity contribution in [3.8, 4) is 23.1 Å². The molecule has 378 valence electrons. The molecule has 0 unspecified atom stereocenters. The SMILES string of the molecule is CC(C)c1ccccc1[C@H]1COCCN1C1CC2(CCN(c3ccc(C(=O)NS(=O)(=O)c4cc5c(c([N+](=O)[O-])c4)S[C@@H](C4CCC(C)(O)CC4)CO5)c(Oc4cc5cc[nH]c5nc4OC(F)F)c3)CC2)C1. The molecule has 2 saturated heterocycles. The van der Waals surface area contributed by atoms with Gasteiger partial charge in [0.1, 0.15) is 28.6 Å². The number of nitro groups is 1. The molecule has 16 nitrogen and oxygen atoms in total. The summed E-state index contributed by atoms with van der Waals surface area (Å²) < 4.78 is 80.8. The van der Waals surface area contributed by atoms with E-state index in [1.807, 2.05) is 0 Å². The number of alkyl halides is 2. The lowest BCUT2D eigenvalue weighted by atomic mass is 9.59. The highest BCUT2D eigenvalue weighted by Gasteiger charge is 2.50. The number of carbonyl (C=O) groups excluding carboxylic acids is 1. The number of hydrogen-bond acceptors (Lipinski definition) is 14. The van der Waals surface area contributed by atoms with Gasteiger partial charge in [0.25, 0.3) is 27.5 Å². The van der Waals surface area contributed by atoms with Crippen LogP contribution in [0.15, 0.2) is 82.7 Å². The number of aromatic amines is 1. The molecule has 0 radical (unpaired) electrons. The van der Waals surface area contributed by atoms with Crippen LogP contribution in [0.2, 0.25) is 0 Å². The van der Waals surface area contributed by atoms with E-state index in [9.17, 15) is 37.2 Å². The standard InChI is InChI=1S/C51H58F2N6O10S2/c1-30(2)36-6-4-5-7-37(36)40-28-66-21-20-58(40)34-26-51(27-34)15-18-57(19-16-51)33-8-9-38(41(23-33)68-43-22-32-12-17-54-46(32)55-48(43)69-49(52)53)47(60)56-71(64,65)35-24-39(59(62)63)45-42(25-35)67-29-44(70-45)31-10-13-50(3,61)14-11-31/h4-9,12,17,22-25,30-31,34,40,44,49,61H,10-11,13-16,18-21,26-29H2,1-3H3,(H,54,55)(H,56,60)/t31?,40-,44-,50?/m1/s1. The van der Waals surface area contributed by atoms with Gasteiger partial charge in [0.15, 0.2) is 5.75 Å². The van der Waals surface area contributed by atoms with Gasteiger partial charge in [-0.3, -0.25) is 19.8 Å². The summed E-state index contributed by atoms with van der Waals surface area (Å²) in [6, 6.07) is 19.1. The van der Waals surface area contributed by atoms with Crippen LogP contribution in [0.25, 0.3) is 11.0 Å². The number of rotatable bonds is 13. The number of amides is 1. The van der Waals surface area contributed by atoms with E-state index in [0.717, 1.165) is 44.4 Å². The molecule has 20 heteroatoms. The first kappa shape index (κ1) is 49.1. The predicted molar refractivity (Wildman–Crippen MR) is 262 cm³/mol. The number of H-pyrrole nitrogens is 1. The molecule has 1 spiro atoms. The molecule has 3 aromatic carbocycles. The molecule has 3 N–H and O–H groups in total. The number of piperidine rings is 1. The maximum Gasteiger partial charge on any atom is 0.388 e. The number of nitrogens with zero attached hydrogens (tertiary/aromatic N) is 4. The van der Waals surface area contributed by atoms with Crippen LogP contribution >= 0.6 is 11.8 Å². The predicted octanol–water partition coefficient (Wildman–Crippen LogP) is 9.72. The van der Waals surface area contributed by atoms with E-state index in [4.69, 9.17) is 18.9 Å². The van der Waals surface area contributed by atoms with E-state index >= 15 is 0 Å². The summed E-state index contributed by atoms with van der Waals surface area (Å²) in [4.78, 5) is 37.5. The first-order valence-corrected chi connectivity index (χ1v) is 26.6. The lowest BCUT2D eigenvalue weighted by Crippen LogP contribution is -2.58. The molecule has 10 rings (SSSR count). The van der Waals surface area contributed by atoms with Crippen LogP contribution in [0.3, 0.4) is 0 Å². The van der Waals surface area contributed by atoms with Gasteiger partial charge in [-0.25, -0.2) is 13.1 Å². The molecular weight excluding hydrogens is 959 g/mol. The Morgan fingerprint density at radius 3 is 2.51 bits per heavy atom. The highest BCUT2D eigenvalue weighted by Crippen LogP contribution is 2.54. The lowest BCUT2D eigenvalue weighted by molar-refractivity contribution is -0.388. The Labute approximate surface area is 415 Å². The summed E-state index contributed by atoms with van der Waals surface area (Å²) in [7, 11) is -4.80. The van der Waals surface area contributed by atoms with Gasteiger partial charge in [-0.1, -0.05) is 38.1 Å². The van der Waals surface area contributed by atoms with Crippen LogP contribution in [0, 0.1) is 21.4 Å². The van der Waals surface area contributed by atoms with Gasteiger partial charge >= 0.3 is 6.61 Å². The van der Waals surface area contributed by atoms with Crippen molar-refractivity contribution < 1.29 is 51.0 Å². The van der Waals surface area contributed by atoms with E-state index < -0.39 is 49.5 Å². The third-order valence-corrected chi connectivity index (χ3v) is 18.1. The third kappa shape index (κ3) is 10.1. The molecule has 2 aliphatic carbocycles. The number of sulfonamides is 1. The first-order valence-electron chi connectivity index (χ1n) is 24.3. The largest absolute Gasteiger partial charge is 0.491 e. The molecule has 0 bridgehead atoms. The van der Waals surface area contributed by atoms with Gasteiger partial charge in [-0.05, 0) is 111 Å². The van der Waals surface area contributed by atoms with Crippen molar-refractivity contribution in [3.63, 3.8) is 0 Å². The molecule has 3 aliphatic heterocycles. The number of aliphatic hydroxyl groups is 1. The number of nitrogens with one attached hydrogen (secondary N) is 2. The monoisotopic (exact) mass is 1020 g/mol. The maximum atomic E-state index is 14.2. The number of hydrogen-bond donors (Lipinski definition) is 3. The second-order valence-electron chi connectivity index (χ2n) is 20.3. The fourth-order valence-electron chi connectivity index (χ4n) is 11.3. The van der Waals surface area contributed by atoms with Crippen molar-refractivity contribution in [3.05, 3.63) is 99.7 Å². The molecular formula is C51H58F2N6O10S2. The van der Waals surface area contributed by atoms with Crippen molar-refractivity contribution in [1.82, 2.24) is 19.6 Å². The number of morpholine rings is 1. The Morgan fingerprint density at radius 2 is 1.77 bits per heavy atom. The summed E-state index contributed by atoms with van der Waals surface area (Å²) in [5, 5.41) is 23.3. The van der Waals surface area contributed by atoms with Gasteiger partial charge in [0, 0.05) is 66.4 Å². The molecule has 4 fully saturated rings. The van der Waals surface area contributed by atoms with Crippen molar-refractivity contribution in [2.75, 3.05) is 44.4 Å². The summed E-state index contributed by atoms with van der Waals surface area (Å²) in [5.74, 6) is -1.59. The average molecular weight is 1020 g/mol. The van der Waals surface area contributed by atoms with Crippen molar-refractivity contribution in [2.45, 2.75) is 117 Å². The smallest absolute Gasteiger partial charge is 0.388 e. The minimum atomic E-state index is -4.80. The van der Waals surface area contributed by atoms with Crippen molar-refractivity contribution in [1.29, 1.82) is 0 Å². The quantitative estimate of drug-likeness (QED) is 0.0744. The summed E-state index contributed by atoms with van der Waals surface area (Å²) in [6.45, 7) is 6.76. The molecule has 5 aromatic rings.